The fourth-order valence-electron chi connectivity index (χ4n) is 2.14. The van der Waals surface area contributed by atoms with Crippen LogP contribution in [0.15, 0.2) is 24.2 Å². The Morgan fingerprint density at radius 3 is 2.88 bits per heavy atom. The predicted molar refractivity (Wildman–Crippen MR) is 63.3 cm³/mol. The maximum Gasteiger partial charge on any atom is 0.206 e. The Morgan fingerprint density at radius 1 is 1.31 bits per heavy atom. The third-order valence-corrected chi connectivity index (χ3v) is 3.13. The number of ketones is 1. The summed E-state index contributed by atoms with van der Waals surface area (Å²) in [4.78, 5) is 16.2. The van der Waals surface area contributed by atoms with Crippen molar-refractivity contribution in [3.8, 4) is 0 Å². The molecule has 0 spiro atoms. The van der Waals surface area contributed by atoms with E-state index in [9.17, 15) is 4.79 Å². The molecule has 1 heterocycles. The molecule has 1 aromatic rings. The molecular weight excluding hydrogens is 200 g/mol. The molecule has 1 aliphatic rings. The second kappa shape index (κ2) is 5.10. The van der Waals surface area contributed by atoms with E-state index >= 15 is 0 Å². The molecule has 16 heavy (non-hydrogen) atoms. The highest BCUT2D eigenvalue weighted by atomic mass is 16.1. The minimum absolute atomic E-state index is 0.155. The zero-order valence-electron chi connectivity index (χ0n) is 9.78. The Morgan fingerprint density at radius 2 is 2.12 bits per heavy atom. The lowest BCUT2D eigenvalue weighted by atomic mass is 9.96. The van der Waals surface area contributed by atoms with Gasteiger partial charge in [-0.3, -0.25) is 4.79 Å². The maximum atomic E-state index is 12.2. The average Bonchev–Trinajstić information content (AvgIpc) is 2.63. The van der Waals surface area contributed by atoms with Crippen LogP contribution in [-0.2, 0) is 7.05 Å². The Kier molecular flexibility index (Phi) is 3.54. The quantitative estimate of drug-likeness (QED) is 0.715. The standard InChI is InChI=1S/C13H18N2O/c1-15-10-14-9-12(15)13(16)11-7-5-3-2-4-6-8-11/h7,9-10H,2-6,8H2,1H3/b11-7+. The summed E-state index contributed by atoms with van der Waals surface area (Å²) in [6.45, 7) is 0. The molecule has 0 aromatic carbocycles. The van der Waals surface area contributed by atoms with Crippen molar-refractivity contribution in [3.05, 3.63) is 29.9 Å². The van der Waals surface area contributed by atoms with Crippen LogP contribution in [0.1, 0.15) is 49.0 Å². The van der Waals surface area contributed by atoms with Gasteiger partial charge >= 0.3 is 0 Å². The molecule has 0 atom stereocenters. The number of rotatable bonds is 2. The summed E-state index contributed by atoms with van der Waals surface area (Å²) in [6, 6.07) is 0. The first-order valence-electron chi connectivity index (χ1n) is 5.99. The lowest BCUT2D eigenvalue weighted by molar-refractivity contribution is 0.102. The van der Waals surface area contributed by atoms with Gasteiger partial charge in [0.25, 0.3) is 0 Å². The molecule has 0 radical (unpaired) electrons. The average molecular weight is 218 g/mol. The van der Waals surface area contributed by atoms with Gasteiger partial charge in [-0.2, -0.15) is 0 Å². The molecule has 0 saturated heterocycles. The molecule has 0 bridgehead atoms. The summed E-state index contributed by atoms with van der Waals surface area (Å²) in [5.41, 5.74) is 1.68. The number of allylic oxidation sites excluding steroid dienone is 2. The second-order valence-electron chi connectivity index (χ2n) is 4.40. The van der Waals surface area contributed by atoms with Crippen molar-refractivity contribution < 1.29 is 4.79 Å². The van der Waals surface area contributed by atoms with E-state index in [4.69, 9.17) is 0 Å². The molecule has 0 amide bonds. The van der Waals surface area contributed by atoms with E-state index in [1.807, 2.05) is 7.05 Å². The van der Waals surface area contributed by atoms with E-state index in [0.717, 1.165) is 24.8 Å². The van der Waals surface area contributed by atoms with Gasteiger partial charge in [0.05, 0.1) is 12.5 Å². The highest BCUT2D eigenvalue weighted by Crippen LogP contribution is 2.20. The van der Waals surface area contributed by atoms with Crippen LogP contribution in [0.5, 0.6) is 0 Å². The van der Waals surface area contributed by atoms with E-state index in [1.54, 1.807) is 17.1 Å². The number of imidazole rings is 1. The number of Topliss-reactive ketones (excluding diaryl/α,β-unsaturated/α-hetero) is 1. The Bertz CT molecular complexity index is 404. The fraction of sp³-hybridized carbons (Fsp3) is 0.538. The summed E-state index contributed by atoms with van der Waals surface area (Å²) < 4.78 is 1.79. The van der Waals surface area contributed by atoms with E-state index in [-0.39, 0.29) is 5.78 Å². The summed E-state index contributed by atoms with van der Waals surface area (Å²) >= 11 is 0. The number of hydrogen-bond acceptors (Lipinski definition) is 2. The highest BCUT2D eigenvalue weighted by molar-refractivity contribution is 6.07. The predicted octanol–water partition coefficient (Wildman–Crippen LogP) is 2.88. The topological polar surface area (TPSA) is 34.9 Å². The van der Waals surface area contributed by atoms with E-state index in [0.29, 0.717) is 5.69 Å². The van der Waals surface area contributed by atoms with Gasteiger partial charge in [-0.15, -0.1) is 0 Å². The highest BCUT2D eigenvalue weighted by Gasteiger charge is 2.15. The number of aromatic nitrogens is 2. The Labute approximate surface area is 96.2 Å². The van der Waals surface area contributed by atoms with Crippen molar-refractivity contribution in [2.75, 3.05) is 0 Å². The summed E-state index contributed by atoms with van der Waals surface area (Å²) in [5, 5.41) is 0. The first-order valence-corrected chi connectivity index (χ1v) is 5.99. The van der Waals surface area contributed by atoms with Crippen LogP contribution in [-0.4, -0.2) is 15.3 Å². The SMILES string of the molecule is Cn1cncc1C(=O)/C1=C/CCCCCC1. The van der Waals surface area contributed by atoms with Gasteiger partial charge in [0.2, 0.25) is 5.78 Å². The van der Waals surface area contributed by atoms with Crippen LogP contribution in [0, 0.1) is 0 Å². The van der Waals surface area contributed by atoms with Crippen LogP contribution in [0.25, 0.3) is 0 Å². The van der Waals surface area contributed by atoms with Crippen molar-refractivity contribution in [3.63, 3.8) is 0 Å². The molecule has 1 aliphatic carbocycles. The maximum absolute atomic E-state index is 12.2. The van der Waals surface area contributed by atoms with Crippen LogP contribution in [0.4, 0.5) is 0 Å². The lowest BCUT2D eigenvalue weighted by Crippen LogP contribution is -2.09. The van der Waals surface area contributed by atoms with E-state index < -0.39 is 0 Å². The van der Waals surface area contributed by atoms with Crippen LogP contribution in [0.3, 0.4) is 0 Å². The van der Waals surface area contributed by atoms with Gasteiger partial charge in [-0.1, -0.05) is 18.9 Å². The number of aryl methyl sites for hydroxylation is 1. The molecular formula is C13H18N2O. The normalized spacial score (nSPS) is 20.7. The zero-order valence-corrected chi connectivity index (χ0v) is 9.78. The number of nitrogens with zero attached hydrogens (tertiary/aromatic N) is 2. The lowest BCUT2D eigenvalue weighted by Gasteiger charge is -2.10. The van der Waals surface area contributed by atoms with E-state index in [2.05, 4.69) is 11.1 Å². The van der Waals surface area contributed by atoms with E-state index in [1.165, 1.54) is 19.3 Å². The molecule has 2 rings (SSSR count). The molecule has 0 unspecified atom stereocenters. The summed E-state index contributed by atoms with van der Waals surface area (Å²) in [7, 11) is 1.86. The molecule has 3 nitrogen and oxygen atoms in total. The van der Waals surface area contributed by atoms with Crippen molar-refractivity contribution >= 4 is 5.78 Å². The molecule has 0 fully saturated rings. The molecule has 0 N–H and O–H groups in total. The Balaban J connectivity index is 2.17. The number of hydrogen-bond donors (Lipinski definition) is 0. The smallest absolute Gasteiger partial charge is 0.206 e. The van der Waals surface area contributed by atoms with Gasteiger partial charge < -0.3 is 4.57 Å². The van der Waals surface area contributed by atoms with Crippen molar-refractivity contribution in [1.29, 1.82) is 0 Å². The molecule has 0 saturated carbocycles. The first-order chi connectivity index (χ1) is 7.79. The number of carbonyl (C=O) groups excluding carboxylic acids is 1. The third kappa shape index (κ3) is 2.40. The fourth-order valence-corrected chi connectivity index (χ4v) is 2.14. The molecule has 86 valence electrons. The summed E-state index contributed by atoms with van der Waals surface area (Å²) in [5.74, 6) is 0.155. The monoisotopic (exact) mass is 218 g/mol. The van der Waals surface area contributed by atoms with Gasteiger partial charge in [0, 0.05) is 7.05 Å². The second-order valence-corrected chi connectivity index (χ2v) is 4.40. The summed E-state index contributed by atoms with van der Waals surface area (Å²) in [6.07, 6.45) is 12.3. The van der Waals surface area contributed by atoms with Crippen LogP contribution >= 0.6 is 0 Å². The minimum atomic E-state index is 0.155. The first kappa shape index (κ1) is 11.1. The number of carbonyl (C=O) groups is 1. The van der Waals surface area contributed by atoms with Crippen LogP contribution in [0.2, 0.25) is 0 Å². The zero-order chi connectivity index (χ0) is 11.4. The van der Waals surface area contributed by atoms with Crippen LogP contribution < -0.4 is 0 Å². The van der Waals surface area contributed by atoms with Crippen molar-refractivity contribution in [1.82, 2.24) is 9.55 Å². The largest absolute Gasteiger partial charge is 0.331 e. The molecule has 0 aliphatic heterocycles. The van der Waals surface area contributed by atoms with Gasteiger partial charge in [0.15, 0.2) is 0 Å². The van der Waals surface area contributed by atoms with Crippen molar-refractivity contribution in [2.24, 2.45) is 7.05 Å². The Hall–Kier alpha value is -1.38. The minimum Gasteiger partial charge on any atom is -0.331 e. The molecule has 3 heteroatoms. The third-order valence-electron chi connectivity index (χ3n) is 3.13. The van der Waals surface area contributed by atoms with Gasteiger partial charge in [-0.25, -0.2) is 4.98 Å². The van der Waals surface area contributed by atoms with Gasteiger partial charge in [-0.05, 0) is 31.3 Å². The van der Waals surface area contributed by atoms with Crippen molar-refractivity contribution in [2.45, 2.75) is 38.5 Å². The van der Waals surface area contributed by atoms with Gasteiger partial charge in [0.1, 0.15) is 5.69 Å². The molecule has 1 aromatic heterocycles.